The molecule has 88 valence electrons. The Kier molecular flexibility index (Phi) is 3.92. The Hall–Kier alpha value is -1.53. The predicted molar refractivity (Wildman–Crippen MR) is 56.8 cm³/mol. The van der Waals surface area contributed by atoms with Gasteiger partial charge >= 0.3 is 0 Å². The summed E-state index contributed by atoms with van der Waals surface area (Å²) in [5.74, 6) is -0.474. The standard InChI is InChI=1S/C10H15N3O3/c1-7-3-12-8(4-11-7)9(16)13-10(2,5-14)6-15/h3-4,14-15H,5-6H2,1-2H3,(H,13,16). The van der Waals surface area contributed by atoms with Gasteiger partial charge < -0.3 is 15.5 Å². The number of carbonyl (C=O) groups is 1. The first-order valence-electron chi connectivity index (χ1n) is 4.83. The smallest absolute Gasteiger partial charge is 0.272 e. The minimum atomic E-state index is -1.05. The molecule has 0 aliphatic heterocycles. The number of aromatic nitrogens is 2. The van der Waals surface area contributed by atoms with Crippen molar-refractivity contribution in [2.75, 3.05) is 13.2 Å². The van der Waals surface area contributed by atoms with Crippen LogP contribution in [-0.4, -0.2) is 44.8 Å². The highest BCUT2D eigenvalue weighted by Gasteiger charge is 2.25. The van der Waals surface area contributed by atoms with E-state index in [4.69, 9.17) is 10.2 Å². The molecule has 1 amide bonds. The Morgan fingerprint density at radius 2 is 2.00 bits per heavy atom. The van der Waals surface area contributed by atoms with Gasteiger partial charge in [0, 0.05) is 6.20 Å². The first-order chi connectivity index (χ1) is 7.50. The Balaban J connectivity index is 2.76. The minimum absolute atomic E-state index is 0.152. The van der Waals surface area contributed by atoms with Crippen LogP contribution >= 0.6 is 0 Å². The summed E-state index contributed by atoms with van der Waals surface area (Å²) in [4.78, 5) is 19.5. The second-order valence-corrected chi connectivity index (χ2v) is 3.87. The van der Waals surface area contributed by atoms with Gasteiger partial charge in [0.15, 0.2) is 0 Å². The Morgan fingerprint density at radius 3 is 2.44 bits per heavy atom. The molecule has 1 rings (SSSR count). The summed E-state index contributed by atoms with van der Waals surface area (Å²) < 4.78 is 0. The van der Waals surface area contributed by atoms with Gasteiger partial charge in [0.2, 0.25) is 0 Å². The van der Waals surface area contributed by atoms with Crippen LogP contribution in [0.4, 0.5) is 0 Å². The molecule has 0 fully saturated rings. The highest BCUT2D eigenvalue weighted by atomic mass is 16.3. The summed E-state index contributed by atoms with van der Waals surface area (Å²) in [5, 5.41) is 20.5. The molecule has 0 saturated heterocycles. The zero-order valence-electron chi connectivity index (χ0n) is 9.27. The molecule has 1 aromatic rings. The lowest BCUT2D eigenvalue weighted by Crippen LogP contribution is -2.51. The van der Waals surface area contributed by atoms with Crippen molar-refractivity contribution in [3.63, 3.8) is 0 Å². The van der Waals surface area contributed by atoms with Crippen molar-refractivity contribution >= 4 is 5.91 Å². The van der Waals surface area contributed by atoms with E-state index in [1.165, 1.54) is 19.3 Å². The van der Waals surface area contributed by atoms with Crippen molar-refractivity contribution in [2.45, 2.75) is 19.4 Å². The average Bonchev–Trinajstić information content (AvgIpc) is 2.29. The van der Waals surface area contributed by atoms with Crippen LogP contribution in [0.25, 0.3) is 0 Å². The second-order valence-electron chi connectivity index (χ2n) is 3.87. The van der Waals surface area contributed by atoms with E-state index >= 15 is 0 Å². The highest BCUT2D eigenvalue weighted by Crippen LogP contribution is 2.03. The van der Waals surface area contributed by atoms with Crippen molar-refractivity contribution in [1.29, 1.82) is 0 Å². The van der Waals surface area contributed by atoms with Gasteiger partial charge in [-0.15, -0.1) is 0 Å². The van der Waals surface area contributed by atoms with Gasteiger partial charge in [-0.3, -0.25) is 9.78 Å². The number of hydrogen-bond acceptors (Lipinski definition) is 5. The molecular weight excluding hydrogens is 210 g/mol. The molecule has 3 N–H and O–H groups in total. The number of nitrogens with zero attached hydrogens (tertiary/aromatic N) is 2. The summed E-state index contributed by atoms with van der Waals surface area (Å²) in [6.45, 7) is 2.59. The molecule has 0 aromatic carbocycles. The number of carbonyl (C=O) groups excluding carboxylic acids is 1. The van der Waals surface area contributed by atoms with E-state index in [2.05, 4.69) is 15.3 Å². The normalized spacial score (nSPS) is 11.2. The van der Waals surface area contributed by atoms with Crippen LogP contribution in [0.3, 0.4) is 0 Å². The molecule has 0 radical (unpaired) electrons. The first kappa shape index (κ1) is 12.5. The maximum Gasteiger partial charge on any atom is 0.272 e. The lowest BCUT2D eigenvalue weighted by atomic mass is 10.1. The van der Waals surface area contributed by atoms with Crippen LogP contribution in [0.5, 0.6) is 0 Å². The summed E-state index contributed by atoms with van der Waals surface area (Å²) in [5.41, 5.74) is -0.189. The zero-order chi connectivity index (χ0) is 12.2. The summed E-state index contributed by atoms with van der Waals surface area (Å²) in [7, 11) is 0. The van der Waals surface area contributed by atoms with Crippen molar-refractivity contribution in [3.8, 4) is 0 Å². The van der Waals surface area contributed by atoms with E-state index in [1.54, 1.807) is 6.92 Å². The van der Waals surface area contributed by atoms with E-state index < -0.39 is 11.4 Å². The van der Waals surface area contributed by atoms with E-state index in [9.17, 15) is 4.79 Å². The van der Waals surface area contributed by atoms with Crippen LogP contribution in [0.1, 0.15) is 23.1 Å². The number of nitrogens with one attached hydrogen (secondary N) is 1. The minimum Gasteiger partial charge on any atom is -0.394 e. The van der Waals surface area contributed by atoms with Gasteiger partial charge in [0.05, 0.1) is 30.6 Å². The van der Waals surface area contributed by atoms with Crippen molar-refractivity contribution in [2.24, 2.45) is 0 Å². The monoisotopic (exact) mass is 225 g/mol. The van der Waals surface area contributed by atoms with E-state index in [1.807, 2.05) is 0 Å². The van der Waals surface area contributed by atoms with Gasteiger partial charge in [0.1, 0.15) is 5.69 Å². The molecule has 0 bridgehead atoms. The SMILES string of the molecule is Cc1cnc(C(=O)NC(C)(CO)CO)cn1. The van der Waals surface area contributed by atoms with E-state index in [-0.39, 0.29) is 18.9 Å². The molecule has 0 atom stereocenters. The number of aliphatic hydroxyl groups excluding tert-OH is 2. The third-order valence-corrected chi connectivity index (χ3v) is 2.13. The summed E-state index contributed by atoms with van der Waals surface area (Å²) in [6, 6.07) is 0. The number of aliphatic hydroxyl groups is 2. The maximum absolute atomic E-state index is 11.7. The molecule has 6 nitrogen and oxygen atoms in total. The molecule has 1 heterocycles. The molecule has 0 aliphatic rings. The fraction of sp³-hybridized carbons (Fsp3) is 0.500. The molecule has 0 spiro atoms. The largest absolute Gasteiger partial charge is 0.394 e. The Morgan fingerprint density at radius 1 is 1.38 bits per heavy atom. The summed E-state index contributed by atoms with van der Waals surface area (Å²) in [6.07, 6.45) is 2.82. The third-order valence-electron chi connectivity index (χ3n) is 2.13. The molecule has 0 saturated carbocycles. The quantitative estimate of drug-likeness (QED) is 0.627. The fourth-order valence-electron chi connectivity index (χ4n) is 0.977. The zero-order valence-corrected chi connectivity index (χ0v) is 9.27. The van der Waals surface area contributed by atoms with E-state index in [0.29, 0.717) is 5.69 Å². The van der Waals surface area contributed by atoms with Gasteiger partial charge in [-0.1, -0.05) is 0 Å². The van der Waals surface area contributed by atoms with Crippen molar-refractivity contribution in [3.05, 3.63) is 23.8 Å². The fourth-order valence-corrected chi connectivity index (χ4v) is 0.977. The third kappa shape index (κ3) is 2.98. The van der Waals surface area contributed by atoms with E-state index in [0.717, 1.165) is 0 Å². The van der Waals surface area contributed by atoms with Gasteiger partial charge in [-0.05, 0) is 13.8 Å². The van der Waals surface area contributed by atoms with Crippen LogP contribution in [0.2, 0.25) is 0 Å². The molecule has 0 aliphatic carbocycles. The first-order valence-corrected chi connectivity index (χ1v) is 4.83. The molecule has 6 heteroatoms. The number of hydrogen-bond donors (Lipinski definition) is 3. The number of aryl methyl sites for hydroxylation is 1. The lowest BCUT2D eigenvalue weighted by molar-refractivity contribution is 0.0719. The maximum atomic E-state index is 11.7. The van der Waals surface area contributed by atoms with Crippen molar-refractivity contribution in [1.82, 2.24) is 15.3 Å². The van der Waals surface area contributed by atoms with Crippen LogP contribution in [0.15, 0.2) is 12.4 Å². The van der Waals surface area contributed by atoms with Crippen LogP contribution in [-0.2, 0) is 0 Å². The average molecular weight is 225 g/mol. The Bertz CT molecular complexity index is 360. The molecule has 1 aromatic heterocycles. The molecule has 0 unspecified atom stereocenters. The summed E-state index contributed by atoms with van der Waals surface area (Å²) >= 11 is 0. The van der Waals surface area contributed by atoms with Gasteiger partial charge in [-0.2, -0.15) is 0 Å². The van der Waals surface area contributed by atoms with Crippen LogP contribution < -0.4 is 5.32 Å². The number of amides is 1. The predicted octanol–water partition coefficient (Wildman–Crippen LogP) is -0.742. The topological polar surface area (TPSA) is 95.3 Å². The lowest BCUT2D eigenvalue weighted by Gasteiger charge is -2.25. The second kappa shape index (κ2) is 5.00. The number of rotatable bonds is 4. The van der Waals surface area contributed by atoms with Gasteiger partial charge in [0.25, 0.3) is 5.91 Å². The Labute approximate surface area is 93.4 Å². The van der Waals surface area contributed by atoms with Crippen LogP contribution in [0, 0.1) is 6.92 Å². The van der Waals surface area contributed by atoms with Crippen molar-refractivity contribution < 1.29 is 15.0 Å². The molecular formula is C10H15N3O3. The highest BCUT2D eigenvalue weighted by molar-refractivity contribution is 5.92. The molecule has 16 heavy (non-hydrogen) atoms. The van der Waals surface area contributed by atoms with Gasteiger partial charge in [-0.25, -0.2) is 4.98 Å².